The predicted octanol–water partition coefficient (Wildman–Crippen LogP) is 2.53. The van der Waals surface area contributed by atoms with Gasteiger partial charge in [0.25, 0.3) is 5.91 Å². The van der Waals surface area contributed by atoms with Gasteiger partial charge >= 0.3 is 0 Å². The molecule has 0 radical (unpaired) electrons. The van der Waals surface area contributed by atoms with E-state index in [1.54, 1.807) is 25.9 Å². The molecule has 1 aliphatic rings. The Kier molecular flexibility index (Phi) is 5.23. The van der Waals surface area contributed by atoms with E-state index < -0.39 is 6.10 Å². The molecule has 2 rings (SSSR count). The summed E-state index contributed by atoms with van der Waals surface area (Å²) in [4.78, 5) is 13.5. The Morgan fingerprint density at radius 2 is 2.24 bits per heavy atom. The van der Waals surface area contributed by atoms with Crippen LogP contribution < -0.4 is 10.1 Å². The number of aryl methyl sites for hydroxylation is 1. The number of nitrogens with one attached hydrogen (secondary N) is 1. The monoisotopic (exact) mass is 290 g/mol. The summed E-state index contributed by atoms with van der Waals surface area (Å²) in [6, 6.07) is 6.62. The summed E-state index contributed by atoms with van der Waals surface area (Å²) in [6.07, 6.45) is 3.06. The van der Waals surface area contributed by atoms with Crippen molar-refractivity contribution in [2.24, 2.45) is 0 Å². The summed E-state index contributed by atoms with van der Waals surface area (Å²) in [5, 5.41) is 3.53. The van der Waals surface area contributed by atoms with E-state index in [4.69, 9.17) is 4.74 Å². The molecule has 1 aliphatic carbocycles. The molecule has 0 saturated heterocycles. The second-order valence-corrected chi connectivity index (χ2v) is 5.86. The lowest BCUT2D eigenvalue weighted by atomic mass is 9.87. The van der Waals surface area contributed by atoms with Crippen LogP contribution in [-0.4, -0.2) is 37.6 Å². The third-order valence-electron chi connectivity index (χ3n) is 3.98. The Labute approximate surface area is 127 Å². The molecule has 2 atom stereocenters. The second-order valence-electron chi connectivity index (χ2n) is 5.86. The zero-order chi connectivity index (χ0) is 15.4. The molecule has 1 aromatic carbocycles. The van der Waals surface area contributed by atoms with E-state index in [0.29, 0.717) is 6.04 Å². The van der Waals surface area contributed by atoms with E-state index in [9.17, 15) is 4.79 Å². The van der Waals surface area contributed by atoms with Gasteiger partial charge in [-0.15, -0.1) is 0 Å². The lowest BCUT2D eigenvalue weighted by molar-refractivity contribution is -0.135. The van der Waals surface area contributed by atoms with E-state index in [0.717, 1.165) is 25.1 Å². The molecule has 0 aliphatic heterocycles. The van der Waals surface area contributed by atoms with Gasteiger partial charge in [0.1, 0.15) is 5.75 Å². The average molecular weight is 290 g/mol. The average Bonchev–Trinajstić information content (AvgIpc) is 2.47. The molecule has 0 bridgehead atoms. The minimum Gasteiger partial charge on any atom is -0.481 e. The van der Waals surface area contributed by atoms with Crippen LogP contribution in [0.3, 0.4) is 0 Å². The zero-order valence-electron chi connectivity index (χ0n) is 13.5. The Morgan fingerprint density at radius 3 is 2.90 bits per heavy atom. The van der Waals surface area contributed by atoms with Crippen LogP contribution in [0.1, 0.15) is 43.9 Å². The summed E-state index contributed by atoms with van der Waals surface area (Å²) >= 11 is 0. The van der Waals surface area contributed by atoms with Gasteiger partial charge in [-0.2, -0.15) is 0 Å². The molecular formula is C17H26N2O2. The first-order valence-corrected chi connectivity index (χ1v) is 7.77. The number of carbonyl (C=O) groups excluding carboxylic acids is 1. The van der Waals surface area contributed by atoms with Gasteiger partial charge in [0.2, 0.25) is 0 Å². The SMILES string of the molecule is CCNC1CCCc2ccc(OC(C)C(=O)N(C)C)cc21. The normalized spacial score (nSPS) is 18.8. The van der Waals surface area contributed by atoms with E-state index in [1.807, 2.05) is 6.07 Å². The molecule has 0 heterocycles. The molecule has 4 nitrogen and oxygen atoms in total. The fraction of sp³-hybridized carbons (Fsp3) is 0.588. The van der Waals surface area contributed by atoms with Crippen molar-refractivity contribution in [3.05, 3.63) is 29.3 Å². The van der Waals surface area contributed by atoms with Gasteiger partial charge in [0.05, 0.1) is 0 Å². The number of hydrogen-bond donors (Lipinski definition) is 1. The summed E-state index contributed by atoms with van der Waals surface area (Å²) in [5.74, 6) is 0.761. The largest absolute Gasteiger partial charge is 0.481 e. The number of likely N-dealkylation sites (N-methyl/N-ethyl adjacent to an activating group) is 1. The maximum atomic E-state index is 11.9. The maximum Gasteiger partial charge on any atom is 0.262 e. The van der Waals surface area contributed by atoms with Crippen LogP contribution >= 0.6 is 0 Å². The minimum atomic E-state index is -0.459. The van der Waals surface area contributed by atoms with Crippen molar-refractivity contribution in [2.75, 3.05) is 20.6 Å². The van der Waals surface area contributed by atoms with E-state index in [-0.39, 0.29) is 5.91 Å². The first-order chi connectivity index (χ1) is 10.0. The quantitative estimate of drug-likeness (QED) is 0.906. The smallest absolute Gasteiger partial charge is 0.262 e. The van der Waals surface area contributed by atoms with E-state index >= 15 is 0 Å². The number of benzene rings is 1. The third kappa shape index (κ3) is 3.76. The molecule has 4 heteroatoms. The van der Waals surface area contributed by atoms with Gasteiger partial charge in [-0.1, -0.05) is 13.0 Å². The molecule has 0 fully saturated rings. The van der Waals surface area contributed by atoms with Crippen LogP contribution in [0.5, 0.6) is 5.75 Å². The summed E-state index contributed by atoms with van der Waals surface area (Å²) in [5.41, 5.74) is 2.72. The maximum absolute atomic E-state index is 11.9. The summed E-state index contributed by atoms with van der Waals surface area (Å²) in [6.45, 7) is 4.89. The van der Waals surface area contributed by atoms with Crippen molar-refractivity contribution < 1.29 is 9.53 Å². The van der Waals surface area contributed by atoms with Crippen LogP contribution in [-0.2, 0) is 11.2 Å². The highest BCUT2D eigenvalue weighted by atomic mass is 16.5. The lowest BCUT2D eigenvalue weighted by Crippen LogP contribution is -2.35. The van der Waals surface area contributed by atoms with Crippen LogP contribution in [0.4, 0.5) is 0 Å². The standard InChI is InChI=1S/C17H26N2O2/c1-5-18-16-8-6-7-13-9-10-14(11-15(13)16)21-12(2)17(20)19(3)4/h9-12,16,18H,5-8H2,1-4H3. The van der Waals surface area contributed by atoms with E-state index in [2.05, 4.69) is 24.4 Å². The van der Waals surface area contributed by atoms with Crippen LogP contribution in [0.25, 0.3) is 0 Å². The third-order valence-corrected chi connectivity index (χ3v) is 3.98. The fourth-order valence-corrected chi connectivity index (χ4v) is 2.93. The van der Waals surface area contributed by atoms with Crippen LogP contribution in [0.15, 0.2) is 18.2 Å². The highest BCUT2D eigenvalue weighted by Crippen LogP contribution is 2.32. The minimum absolute atomic E-state index is 0.0176. The zero-order valence-corrected chi connectivity index (χ0v) is 13.5. The fourth-order valence-electron chi connectivity index (χ4n) is 2.93. The predicted molar refractivity (Wildman–Crippen MR) is 84.6 cm³/mol. The molecule has 1 amide bonds. The first-order valence-electron chi connectivity index (χ1n) is 7.77. The van der Waals surface area contributed by atoms with Crippen molar-refractivity contribution in [2.45, 2.75) is 45.3 Å². The van der Waals surface area contributed by atoms with Crippen LogP contribution in [0.2, 0.25) is 0 Å². The molecule has 2 unspecified atom stereocenters. The van der Waals surface area contributed by atoms with Gasteiger partial charge in [0.15, 0.2) is 6.10 Å². The van der Waals surface area contributed by atoms with Gasteiger partial charge in [-0.25, -0.2) is 0 Å². The van der Waals surface area contributed by atoms with E-state index in [1.165, 1.54) is 17.5 Å². The number of amides is 1. The molecule has 1 aromatic rings. The molecule has 0 spiro atoms. The molecule has 0 saturated carbocycles. The number of hydrogen-bond acceptors (Lipinski definition) is 3. The van der Waals surface area contributed by atoms with Gasteiger partial charge in [0, 0.05) is 20.1 Å². The highest BCUT2D eigenvalue weighted by molar-refractivity contribution is 5.80. The molecule has 116 valence electrons. The number of ether oxygens (including phenoxy) is 1. The summed E-state index contributed by atoms with van der Waals surface area (Å²) in [7, 11) is 3.49. The van der Waals surface area contributed by atoms with Gasteiger partial charge in [-0.3, -0.25) is 4.79 Å². The number of fused-ring (bicyclic) bond motifs is 1. The Hall–Kier alpha value is -1.55. The van der Waals surface area contributed by atoms with Crippen LogP contribution in [0, 0.1) is 0 Å². The van der Waals surface area contributed by atoms with Crippen molar-refractivity contribution >= 4 is 5.91 Å². The second kappa shape index (κ2) is 6.94. The Bertz CT molecular complexity index is 500. The molecular weight excluding hydrogens is 264 g/mol. The molecule has 0 aromatic heterocycles. The topological polar surface area (TPSA) is 41.6 Å². The number of nitrogens with zero attached hydrogens (tertiary/aromatic N) is 1. The molecule has 1 N–H and O–H groups in total. The van der Waals surface area contributed by atoms with Crippen molar-refractivity contribution in [3.63, 3.8) is 0 Å². The Balaban J connectivity index is 2.16. The highest BCUT2D eigenvalue weighted by Gasteiger charge is 2.21. The van der Waals surface area contributed by atoms with Crippen molar-refractivity contribution in [1.82, 2.24) is 10.2 Å². The van der Waals surface area contributed by atoms with Gasteiger partial charge < -0.3 is 15.0 Å². The molecule has 21 heavy (non-hydrogen) atoms. The van der Waals surface area contributed by atoms with Crippen molar-refractivity contribution in [3.8, 4) is 5.75 Å². The van der Waals surface area contributed by atoms with Crippen molar-refractivity contribution in [1.29, 1.82) is 0 Å². The summed E-state index contributed by atoms with van der Waals surface area (Å²) < 4.78 is 5.81. The van der Waals surface area contributed by atoms with Gasteiger partial charge in [-0.05, 0) is 56.0 Å². The lowest BCUT2D eigenvalue weighted by Gasteiger charge is -2.27. The Morgan fingerprint density at radius 1 is 1.48 bits per heavy atom. The number of carbonyl (C=O) groups is 1. The first kappa shape index (κ1) is 15.8. The number of rotatable bonds is 5.